The lowest BCUT2D eigenvalue weighted by atomic mass is 9.99. The van der Waals surface area contributed by atoms with E-state index in [1.165, 1.54) is 31.4 Å². The van der Waals surface area contributed by atoms with Crippen LogP contribution in [0.4, 0.5) is 5.69 Å². The minimum atomic E-state index is -0.415. The first-order chi connectivity index (χ1) is 10.7. The molecule has 122 valence electrons. The molecule has 1 N–H and O–H groups in total. The molecule has 1 aromatic rings. The fraction of sp³-hybridized carbons (Fsp3) is 0.625. The zero-order valence-corrected chi connectivity index (χ0v) is 12.8. The molecule has 1 aliphatic heterocycles. The zero-order chi connectivity index (χ0) is 15.8. The van der Waals surface area contributed by atoms with E-state index in [0.29, 0.717) is 18.4 Å². The van der Waals surface area contributed by atoms with Gasteiger partial charge in [-0.25, -0.2) is 0 Å². The Labute approximate surface area is 130 Å². The van der Waals surface area contributed by atoms with E-state index in [-0.39, 0.29) is 12.3 Å². The third kappa shape index (κ3) is 4.96. The van der Waals surface area contributed by atoms with E-state index in [4.69, 9.17) is 9.84 Å². The number of benzene rings is 1. The van der Waals surface area contributed by atoms with Crippen LogP contribution in [0, 0.1) is 10.1 Å². The van der Waals surface area contributed by atoms with Gasteiger partial charge in [0.15, 0.2) is 0 Å². The van der Waals surface area contributed by atoms with Gasteiger partial charge in [-0.2, -0.15) is 0 Å². The number of nitro benzene ring substituents is 1. The standard InChI is InChI=1S/C16H24N2O4/c19-12-9-14-4-1-2-10-17(14)11-3-13-22-16-7-5-15(6-8-16)18(20)21/h5-8,14,19H,1-4,9-13H2. The molecule has 1 heterocycles. The molecule has 0 amide bonds. The van der Waals surface area contributed by atoms with E-state index >= 15 is 0 Å². The lowest BCUT2D eigenvalue weighted by Crippen LogP contribution is -2.40. The maximum absolute atomic E-state index is 10.6. The number of rotatable bonds is 8. The van der Waals surface area contributed by atoms with Crippen LogP contribution in [0.5, 0.6) is 5.75 Å². The van der Waals surface area contributed by atoms with Gasteiger partial charge in [0.05, 0.1) is 11.5 Å². The molecule has 0 bridgehead atoms. The molecule has 22 heavy (non-hydrogen) atoms. The Kier molecular flexibility index (Phi) is 6.61. The average Bonchev–Trinajstić information content (AvgIpc) is 2.53. The predicted octanol–water partition coefficient (Wildman–Crippen LogP) is 2.60. The first kappa shape index (κ1) is 16.7. The van der Waals surface area contributed by atoms with E-state index in [2.05, 4.69) is 4.90 Å². The van der Waals surface area contributed by atoms with Crippen molar-refractivity contribution in [2.45, 2.75) is 38.1 Å². The van der Waals surface area contributed by atoms with Gasteiger partial charge >= 0.3 is 0 Å². The second kappa shape index (κ2) is 8.70. The van der Waals surface area contributed by atoms with Gasteiger partial charge in [0.1, 0.15) is 5.75 Å². The summed E-state index contributed by atoms with van der Waals surface area (Å²) < 4.78 is 5.63. The molecule has 0 saturated carbocycles. The molecule has 6 nitrogen and oxygen atoms in total. The number of hydrogen-bond acceptors (Lipinski definition) is 5. The normalized spacial score (nSPS) is 19.0. The van der Waals surface area contributed by atoms with Gasteiger partial charge in [-0.05, 0) is 44.4 Å². The quantitative estimate of drug-likeness (QED) is 0.454. The van der Waals surface area contributed by atoms with Crippen molar-refractivity contribution < 1.29 is 14.8 Å². The van der Waals surface area contributed by atoms with Crippen molar-refractivity contribution in [1.82, 2.24) is 4.90 Å². The molecule has 1 unspecified atom stereocenters. The molecule has 6 heteroatoms. The summed E-state index contributed by atoms with van der Waals surface area (Å²) in [6.45, 7) is 2.92. The molecule has 1 aromatic carbocycles. The van der Waals surface area contributed by atoms with Crippen LogP contribution in [-0.2, 0) is 0 Å². The lowest BCUT2D eigenvalue weighted by molar-refractivity contribution is -0.384. The highest BCUT2D eigenvalue weighted by atomic mass is 16.6. The molecular weight excluding hydrogens is 284 g/mol. The maximum Gasteiger partial charge on any atom is 0.269 e. The van der Waals surface area contributed by atoms with Crippen molar-refractivity contribution in [3.8, 4) is 5.75 Å². The first-order valence-corrected chi connectivity index (χ1v) is 7.93. The smallest absolute Gasteiger partial charge is 0.269 e. The third-order valence-electron chi connectivity index (χ3n) is 4.12. The molecule has 1 atom stereocenters. The van der Waals surface area contributed by atoms with Crippen LogP contribution in [0.2, 0.25) is 0 Å². The Morgan fingerprint density at radius 2 is 2.09 bits per heavy atom. The minimum Gasteiger partial charge on any atom is -0.494 e. The van der Waals surface area contributed by atoms with Crippen LogP contribution in [0.1, 0.15) is 32.1 Å². The van der Waals surface area contributed by atoms with E-state index in [9.17, 15) is 10.1 Å². The van der Waals surface area contributed by atoms with Crippen molar-refractivity contribution >= 4 is 5.69 Å². The number of nitro groups is 1. The second-order valence-corrected chi connectivity index (χ2v) is 5.65. The molecule has 0 radical (unpaired) electrons. The SMILES string of the molecule is O=[N+]([O-])c1ccc(OCCCN2CCCCC2CCO)cc1. The van der Waals surface area contributed by atoms with Crippen LogP contribution < -0.4 is 4.74 Å². The van der Waals surface area contributed by atoms with Crippen LogP contribution in [0.3, 0.4) is 0 Å². The van der Waals surface area contributed by atoms with E-state index in [0.717, 1.165) is 25.9 Å². The van der Waals surface area contributed by atoms with Gasteiger partial charge in [-0.1, -0.05) is 6.42 Å². The predicted molar refractivity (Wildman–Crippen MR) is 84.1 cm³/mol. The summed E-state index contributed by atoms with van der Waals surface area (Å²) >= 11 is 0. The van der Waals surface area contributed by atoms with Gasteiger partial charge in [-0.15, -0.1) is 0 Å². The number of piperidine rings is 1. The topological polar surface area (TPSA) is 75.8 Å². The van der Waals surface area contributed by atoms with Gasteiger partial charge in [0, 0.05) is 31.3 Å². The summed E-state index contributed by atoms with van der Waals surface area (Å²) in [7, 11) is 0. The summed E-state index contributed by atoms with van der Waals surface area (Å²) in [4.78, 5) is 12.6. The minimum absolute atomic E-state index is 0.0764. The molecule has 2 rings (SSSR count). The van der Waals surface area contributed by atoms with E-state index < -0.39 is 4.92 Å². The van der Waals surface area contributed by atoms with Crippen molar-refractivity contribution in [2.75, 3.05) is 26.3 Å². The molecule has 0 aromatic heterocycles. The van der Waals surface area contributed by atoms with Gasteiger partial charge in [0.2, 0.25) is 0 Å². The molecule has 1 saturated heterocycles. The largest absolute Gasteiger partial charge is 0.494 e. The number of non-ortho nitro benzene ring substituents is 1. The Balaban J connectivity index is 1.70. The van der Waals surface area contributed by atoms with Crippen molar-refractivity contribution in [3.05, 3.63) is 34.4 Å². The van der Waals surface area contributed by atoms with Crippen molar-refractivity contribution in [2.24, 2.45) is 0 Å². The summed E-state index contributed by atoms with van der Waals surface area (Å²) in [6, 6.07) is 6.67. The maximum atomic E-state index is 10.6. The zero-order valence-electron chi connectivity index (χ0n) is 12.8. The molecule has 1 aliphatic rings. The first-order valence-electron chi connectivity index (χ1n) is 7.93. The van der Waals surface area contributed by atoms with Crippen molar-refractivity contribution in [1.29, 1.82) is 0 Å². The van der Waals surface area contributed by atoms with Crippen LogP contribution >= 0.6 is 0 Å². The number of aliphatic hydroxyl groups is 1. The van der Waals surface area contributed by atoms with Gasteiger partial charge in [-0.3, -0.25) is 10.1 Å². The average molecular weight is 308 g/mol. The molecule has 0 spiro atoms. The summed E-state index contributed by atoms with van der Waals surface area (Å²) in [5, 5.41) is 19.7. The number of likely N-dealkylation sites (tertiary alicyclic amines) is 1. The monoisotopic (exact) mass is 308 g/mol. The van der Waals surface area contributed by atoms with Crippen LogP contribution in [-0.4, -0.2) is 47.3 Å². The van der Waals surface area contributed by atoms with Crippen LogP contribution in [0.25, 0.3) is 0 Å². The number of nitrogens with zero attached hydrogens (tertiary/aromatic N) is 2. The molecule has 1 fully saturated rings. The highest BCUT2D eigenvalue weighted by molar-refractivity contribution is 5.35. The summed E-state index contributed by atoms with van der Waals surface area (Å²) in [6.07, 6.45) is 5.41. The highest BCUT2D eigenvalue weighted by Crippen LogP contribution is 2.20. The summed E-state index contributed by atoms with van der Waals surface area (Å²) in [5.41, 5.74) is 0.0764. The van der Waals surface area contributed by atoms with Crippen LogP contribution in [0.15, 0.2) is 24.3 Å². The Hall–Kier alpha value is -1.66. The number of hydrogen-bond donors (Lipinski definition) is 1. The van der Waals surface area contributed by atoms with Crippen molar-refractivity contribution in [3.63, 3.8) is 0 Å². The van der Waals surface area contributed by atoms with E-state index in [1.54, 1.807) is 12.1 Å². The lowest BCUT2D eigenvalue weighted by Gasteiger charge is -2.35. The Bertz CT molecular complexity index is 462. The Morgan fingerprint density at radius 3 is 2.77 bits per heavy atom. The number of aliphatic hydroxyl groups excluding tert-OH is 1. The highest BCUT2D eigenvalue weighted by Gasteiger charge is 2.21. The van der Waals surface area contributed by atoms with E-state index in [1.807, 2.05) is 0 Å². The Morgan fingerprint density at radius 1 is 1.32 bits per heavy atom. The van der Waals surface area contributed by atoms with Gasteiger partial charge in [0.25, 0.3) is 5.69 Å². The second-order valence-electron chi connectivity index (χ2n) is 5.65. The molecule has 0 aliphatic carbocycles. The number of ether oxygens (including phenoxy) is 1. The third-order valence-corrected chi connectivity index (χ3v) is 4.12. The summed E-state index contributed by atoms with van der Waals surface area (Å²) in [5.74, 6) is 0.663. The molecular formula is C16H24N2O4. The van der Waals surface area contributed by atoms with Gasteiger partial charge < -0.3 is 14.7 Å². The fourth-order valence-electron chi connectivity index (χ4n) is 2.95. The fourth-order valence-corrected chi connectivity index (χ4v) is 2.95.